The molecule has 0 amide bonds. The highest BCUT2D eigenvalue weighted by atomic mass is 35.5. The minimum absolute atomic E-state index is 0.406. The fourth-order valence-electron chi connectivity index (χ4n) is 1.93. The molecule has 1 aromatic heterocycles. The van der Waals surface area contributed by atoms with Gasteiger partial charge < -0.3 is 5.32 Å². The van der Waals surface area contributed by atoms with Crippen LogP contribution in [0.25, 0.3) is 0 Å². The van der Waals surface area contributed by atoms with Crippen molar-refractivity contribution in [2.75, 3.05) is 5.32 Å². The van der Waals surface area contributed by atoms with Crippen LogP contribution in [0.4, 0.5) is 11.5 Å². The summed E-state index contributed by atoms with van der Waals surface area (Å²) in [5.41, 5.74) is 4.08. The number of hydrogen-bond donors (Lipinski definition) is 1. The molecule has 0 fully saturated rings. The predicted octanol–water partition coefficient (Wildman–Crippen LogP) is 4.83. The summed E-state index contributed by atoms with van der Waals surface area (Å²) in [6.45, 7) is 6.04. The minimum atomic E-state index is 0.406. The third-order valence-corrected chi connectivity index (χ3v) is 3.56. The van der Waals surface area contributed by atoms with Crippen molar-refractivity contribution in [2.24, 2.45) is 0 Å². The molecule has 0 aliphatic rings. The lowest BCUT2D eigenvalue weighted by Gasteiger charge is -2.10. The second-order valence-electron chi connectivity index (χ2n) is 4.96. The number of rotatable bonds is 5. The van der Waals surface area contributed by atoms with Gasteiger partial charge in [-0.2, -0.15) is 0 Å². The monoisotopic (exact) mass is 289 g/mol. The Morgan fingerprint density at radius 2 is 1.70 bits per heavy atom. The van der Waals surface area contributed by atoms with Crippen molar-refractivity contribution >= 4 is 23.1 Å². The van der Waals surface area contributed by atoms with Crippen LogP contribution in [0.15, 0.2) is 24.3 Å². The molecule has 106 valence electrons. The summed E-state index contributed by atoms with van der Waals surface area (Å²) in [4.78, 5) is 8.70. The summed E-state index contributed by atoms with van der Waals surface area (Å²) in [7, 11) is 0. The topological polar surface area (TPSA) is 37.8 Å². The zero-order chi connectivity index (χ0) is 14.5. The summed E-state index contributed by atoms with van der Waals surface area (Å²) in [5, 5.41) is 3.62. The first kappa shape index (κ1) is 14.8. The fraction of sp³-hybridized carbons (Fsp3) is 0.375. The average molecular weight is 290 g/mol. The smallest absolute Gasteiger partial charge is 0.172 e. The lowest BCUT2D eigenvalue weighted by molar-refractivity contribution is 0.795. The van der Waals surface area contributed by atoms with E-state index in [0.29, 0.717) is 11.0 Å². The molecule has 2 aromatic rings. The number of aryl methyl sites for hydroxylation is 3. The second-order valence-corrected chi connectivity index (χ2v) is 5.32. The van der Waals surface area contributed by atoms with Gasteiger partial charge >= 0.3 is 0 Å². The van der Waals surface area contributed by atoms with Gasteiger partial charge in [-0.1, -0.05) is 37.1 Å². The molecule has 0 unspecified atom stereocenters. The maximum atomic E-state index is 6.12. The van der Waals surface area contributed by atoms with Crippen LogP contribution < -0.4 is 5.32 Å². The van der Waals surface area contributed by atoms with E-state index in [1.54, 1.807) is 0 Å². The lowest BCUT2D eigenvalue weighted by Crippen LogP contribution is -2.00. The third kappa shape index (κ3) is 3.70. The predicted molar refractivity (Wildman–Crippen MR) is 84.9 cm³/mol. The van der Waals surface area contributed by atoms with Gasteiger partial charge in [0.05, 0.1) is 11.4 Å². The van der Waals surface area contributed by atoms with Crippen LogP contribution in [0.1, 0.15) is 36.7 Å². The molecule has 0 bridgehead atoms. The summed E-state index contributed by atoms with van der Waals surface area (Å²) >= 11 is 6.12. The van der Waals surface area contributed by atoms with Crippen LogP contribution in [-0.4, -0.2) is 9.97 Å². The van der Waals surface area contributed by atoms with Gasteiger partial charge in [0, 0.05) is 5.69 Å². The second kappa shape index (κ2) is 6.71. The largest absolute Gasteiger partial charge is 0.338 e. The SMILES string of the molecule is CCCCc1ccc(Nc2nc(C)c(C)nc2Cl)cc1. The number of halogens is 1. The first-order valence-electron chi connectivity index (χ1n) is 6.97. The number of unbranched alkanes of at least 4 members (excludes halogenated alkanes) is 1. The van der Waals surface area contributed by atoms with Crippen LogP contribution in [0.5, 0.6) is 0 Å². The van der Waals surface area contributed by atoms with Crippen molar-refractivity contribution in [2.45, 2.75) is 40.0 Å². The van der Waals surface area contributed by atoms with E-state index in [2.05, 4.69) is 46.5 Å². The van der Waals surface area contributed by atoms with Crippen molar-refractivity contribution in [1.82, 2.24) is 9.97 Å². The third-order valence-electron chi connectivity index (χ3n) is 3.30. The van der Waals surface area contributed by atoms with Crippen LogP contribution in [0.3, 0.4) is 0 Å². The summed E-state index contributed by atoms with van der Waals surface area (Å²) in [5.74, 6) is 0.607. The quantitative estimate of drug-likeness (QED) is 0.856. The van der Waals surface area contributed by atoms with E-state index >= 15 is 0 Å². The standard InChI is InChI=1S/C16H20ClN3/c1-4-5-6-13-7-9-14(10-8-13)20-16-15(17)18-11(2)12(3)19-16/h7-10H,4-6H2,1-3H3,(H,19,20). The molecule has 1 N–H and O–H groups in total. The van der Waals surface area contributed by atoms with Gasteiger partial charge in [-0.15, -0.1) is 0 Å². The molecule has 3 nitrogen and oxygen atoms in total. The zero-order valence-electron chi connectivity index (χ0n) is 12.2. The van der Waals surface area contributed by atoms with Crippen molar-refractivity contribution in [1.29, 1.82) is 0 Å². The van der Waals surface area contributed by atoms with Gasteiger partial charge in [-0.3, -0.25) is 0 Å². The minimum Gasteiger partial charge on any atom is -0.338 e. The first-order valence-corrected chi connectivity index (χ1v) is 7.34. The zero-order valence-corrected chi connectivity index (χ0v) is 13.0. The Labute approximate surface area is 125 Å². The highest BCUT2D eigenvalue weighted by Crippen LogP contribution is 2.23. The summed E-state index contributed by atoms with van der Waals surface area (Å²) in [6, 6.07) is 8.39. The maximum Gasteiger partial charge on any atom is 0.172 e. The van der Waals surface area contributed by atoms with Crippen LogP contribution >= 0.6 is 11.6 Å². The van der Waals surface area contributed by atoms with Gasteiger partial charge in [0.1, 0.15) is 0 Å². The van der Waals surface area contributed by atoms with E-state index in [-0.39, 0.29) is 0 Å². The molecule has 1 heterocycles. The summed E-state index contributed by atoms with van der Waals surface area (Å²) in [6.07, 6.45) is 3.57. The molecule has 0 aliphatic carbocycles. The van der Waals surface area contributed by atoms with E-state index in [1.165, 1.54) is 18.4 Å². The fourth-order valence-corrected chi connectivity index (χ4v) is 2.14. The molecular formula is C16H20ClN3. The molecule has 0 saturated carbocycles. The molecule has 20 heavy (non-hydrogen) atoms. The van der Waals surface area contributed by atoms with Gasteiger partial charge in [-0.05, 0) is 44.4 Å². The Kier molecular flexibility index (Phi) is 4.96. The molecule has 1 aromatic carbocycles. The number of aromatic nitrogens is 2. The molecule has 0 aliphatic heterocycles. The number of nitrogens with one attached hydrogen (secondary N) is 1. The van der Waals surface area contributed by atoms with E-state index < -0.39 is 0 Å². The van der Waals surface area contributed by atoms with Crippen molar-refractivity contribution in [3.8, 4) is 0 Å². The van der Waals surface area contributed by atoms with E-state index in [4.69, 9.17) is 11.6 Å². The van der Waals surface area contributed by atoms with Crippen LogP contribution in [0, 0.1) is 13.8 Å². The normalized spacial score (nSPS) is 10.6. The van der Waals surface area contributed by atoms with Gasteiger partial charge in [0.2, 0.25) is 0 Å². The van der Waals surface area contributed by atoms with Gasteiger partial charge in [0.15, 0.2) is 11.0 Å². The Bertz CT molecular complexity index is 579. The molecule has 0 saturated heterocycles. The highest BCUT2D eigenvalue weighted by molar-refractivity contribution is 6.31. The lowest BCUT2D eigenvalue weighted by atomic mass is 10.1. The Morgan fingerprint density at radius 1 is 1.05 bits per heavy atom. The Morgan fingerprint density at radius 3 is 2.35 bits per heavy atom. The highest BCUT2D eigenvalue weighted by Gasteiger charge is 2.07. The Balaban J connectivity index is 2.12. The summed E-state index contributed by atoms with van der Waals surface area (Å²) < 4.78 is 0. The van der Waals surface area contributed by atoms with Crippen molar-refractivity contribution < 1.29 is 0 Å². The van der Waals surface area contributed by atoms with Gasteiger partial charge in [0.25, 0.3) is 0 Å². The number of hydrogen-bond acceptors (Lipinski definition) is 3. The van der Waals surface area contributed by atoms with E-state index in [1.807, 2.05) is 13.8 Å². The maximum absolute atomic E-state index is 6.12. The average Bonchev–Trinajstić information content (AvgIpc) is 2.44. The molecule has 0 radical (unpaired) electrons. The van der Waals surface area contributed by atoms with Crippen LogP contribution in [-0.2, 0) is 6.42 Å². The molecule has 2 rings (SSSR count). The molecule has 0 atom stereocenters. The number of anilines is 2. The van der Waals surface area contributed by atoms with Crippen molar-refractivity contribution in [3.63, 3.8) is 0 Å². The van der Waals surface area contributed by atoms with E-state index in [0.717, 1.165) is 23.5 Å². The Hall–Kier alpha value is -1.61. The molecular weight excluding hydrogens is 270 g/mol. The number of benzene rings is 1. The van der Waals surface area contributed by atoms with Crippen LogP contribution in [0.2, 0.25) is 5.15 Å². The first-order chi connectivity index (χ1) is 9.60. The van der Waals surface area contributed by atoms with Gasteiger partial charge in [-0.25, -0.2) is 9.97 Å². The van der Waals surface area contributed by atoms with E-state index in [9.17, 15) is 0 Å². The molecule has 0 spiro atoms. The molecule has 4 heteroatoms. The number of nitrogens with zero attached hydrogens (tertiary/aromatic N) is 2. The van der Waals surface area contributed by atoms with Crippen molar-refractivity contribution in [3.05, 3.63) is 46.4 Å².